The predicted octanol–water partition coefficient (Wildman–Crippen LogP) is 2.66. The minimum atomic E-state index is -0.256. The number of nitrogens with one attached hydrogen (secondary N) is 1. The first-order chi connectivity index (χ1) is 9.10. The number of hydrazine groups is 1. The van der Waals surface area contributed by atoms with E-state index in [-0.39, 0.29) is 11.7 Å². The van der Waals surface area contributed by atoms with Crippen molar-refractivity contribution in [3.63, 3.8) is 0 Å². The summed E-state index contributed by atoms with van der Waals surface area (Å²) in [5.74, 6) is 5.91. The van der Waals surface area contributed by atoms with Crippen LogP contribution < -0.4 is 11.3 Å². The number of nitrogen functional groups attached to an aromatic ring is 1. The number of rotatable bonds is 4. The number of carbonyl (C=O) groups excluding carboxylic acids is 1. The van der Waals surface area contributed by atoms with Crippen molar-refractivity contribution in [3.05, 3.63) is 45.6 Å². The molecule has 2 rings (SSSR count). The summed E-state index contributed by atoms with van der Waals surface area (Å²) in [5, 5.41) is 9.21. The van der Waals surface area contributed by atoms with Crippen LogP contribution in [0.5, 0.6) is 5.75 Å². The fourth-order valence-corrected chi connectivity index (χ4v) is 3.54. The van der Waals surface area contributed by atoms with Crippen molar-refractivity contribution in [3.8, 4) is 5.75 Å². The van der Waals surface area contributed by atoms with Gasteiger partial charge in [0, 0.05) is 15.5 Å². The van der Waals surface area contributed by atoms with Gasteiger partial charge in [-0.2, -0.15) is 0 Å². The van der Waals surface area contributed by atoms with Gasteiger partial charge in [-0.15, -0.1) is 23.1 Å². The molecule has 0 saturated carbocycles. The molecule has 0 spiro atoms. The zero-order chi connectivity index (χ0) is 13.8. The van der Waals surface area contributed by atoms with Crippen molar-refractivity contribution in [2.24, 2.45) is 5.84 Å². The smallest absolute Gasteiger partial charge is 0.275 e. The van der Waals surface area contributed by atoms with Crippen LogP contribution in [0.25, 0.3) is 0 Å². The van der Waals surface area contributed by atoms with Gasteiger partial charge in [0.1, 0.15) is 5.75 Å². The van der Waals surface area contributed by atoms with E-state index in [0.29, 0.717) is 4.88 Å². The van der Waals surface area contributed by atoms with Crippen molar-refractivity contribution < 1.29 is 9.90 Å². The fraction of sp³-hybridized carbons (Fsp3) is 0.154. The molecular weight excluding hydrogens is 280 g/mol. The van der Waals surface area contributed by atoms with E-state index >= 15 is 0 Å². The Morgan fingerprint density at radius 1 is 1.42 bits per heavy atom. The number of benzene rings is 1. The SMILES string of the molecule is Cc1sc(C(=O)NN)cc1CSc1ccc(O)cc1. The summed E-state index contributed by atoms with van der Waals surface area (Å²) in [6, 6.07) is 8.94. The van der Waals surface area contributed by atoms with E-state index in [2.05, 4.69) is 5.43 Å². The van der Waals surface area contributed by atoms with E-state index in [1.54, 1.807) is 23.9 Å². The van der Waals surface area contributed by atoms with E-state index in [0.717, 1.165) is 21.1 Å². The Bertz CT molecular complexity index is 579. The fourth-order valence-electron chi connectivity index (χ4n) is 1.55. The van der Waals surface area contributed by atoms with Crippen molar-refractivity contribution >= 4 is 29.0 Å². The molecule has 100 valence electrons. The largest absolute Gasteiger partial charge is 0.508 e. The molecule has 4 N–H and O–H groups in total. The standard InChI is InChI=1S/C13H14N2O2S2/c1-8-9(6-12(19-8)13(17)15-14)7-18-11-4-2-10(16)3-5-11/h2-6,16H,7,14H2,1H3,(H,15,17). The second kappa shape index (κ2) is 6.10. The first-order valence-corrected chi connectivity index (χ1v) is 7.42. The van der Waals surface area contributed by atoms with Crippen LogP contribution in [0.3, 0.4) is 0 Å². The average molecular weight is 294 g/mol. The minimum absolute atomic E-state index is 0.256. The molecule has 0 aliphatic rings. The summed E-state index contributed by atoms with van der Waals surface area (Å²) in [6.45, 7) is 1.99. The van der Waals surface area contributed by atoms with Gasteiger partial charge < -0.3 is 5.11 Å². The average Bonchev–Trinajstić information content (AvgIpc) is 2.79. The third-order valence-electron chi connectivity index (χ3n) is 2.61. The molecule has 2 aromatic rings. The van der Waals surface area contributed by atoms with Crippen molar-refractivity contribution in [2.75, 3.05) is 0 Å². The number of phenols is 1. The molecule has 1 aromatic carbocycles. The number of aromatic hydroxyl groups is 1. The van der Waals surface area contributed by atoms with E-state index in [9.17, 15) is 9.90 Å². The lowest BCUT2D eigenvalue weighted by Crippen LogP contribution is -2.29. The number of aryl methyl sites for hydroxylation is 1. The summed E-state index contributed by atoms with van der Waals surface area (Å²) in [7, 11) is 0. The molecule has 1 amide bonds. The Morgan fingerprint density at radius 3 is 2.74 bits per heavy atom. The Morgan fingerprint density at radius 2 is 2.11 bits per heavy atom. The summed E-state index contributed by atoms with van der Waals surface area (Å²) < 4.78 is 0. The number of thioether (sulfide) groups is 1. The summed E-state index contributed by atoms with van der Waals surface area (Å²) in [5.41, 5.74) is 3.27. The van der Waals surface area contributed by atoms with Crippen LogP contribution >= 0.6 is 23.1 Å². The lowest BCUT2D eigenvalue weighted by atomic mass is 10.3. The molecule has 0 atom stereocenters. The lowest BCUT2D eigenvalue weighted by molar-refractivity contribution is 0.0957. The number of nitrogens with two attached hydrogens (primary N) is 1. The molecule has 0 aliphatic heterocycles. The van der Waals surface area contributed by atoms with Gasteiger partial charge in [0.25, 0.3) is 5.91 Å². The summed E-state index contributed by atoms with van der Waals surface area (Å²) >= 11 is 3.10. The van der Waals surface area contributed by atoms with Crippen molar-refractivity contribution in [1.29, 1.82) is 0 Å². The maximum absolute atomic E-state index is 11.4. The Kier molecular flexibility index (Phi) is 4.47. The van der Waals surface area contributed by atoms with Crippen molar-refractivity contribution in [1.82, 2.24) is 5.43 Å². The van der Waals surface area contributed by atoms with Gasteiger partial charge in [-0.25, -0.2) is 5.84 Å². The van der Waals surface area contributed by atoms with E-state index in [1.807, 2.05) is 25.1 Å². The first kappa shape index (κ1) is 13.9. The zero-order valence-electron chi connectivity index (χ0n) is 10.3. The van der Waals surface area contributed by atoms with E-state index in [4.69, 9.17) is 5.84 Å². The Hall–Kier alpha value is -1.50. The quantitative estimate of drug-likeness (QED) is 0.351. The molecule has 19 heavy (non-hydrogen) atoms. The molecule has 0 saturated heterocycles. The highest BCUT2D eigenvalue weighted by molar-refractivity contribution is 7.98. The maximum Gasteiger partial charge on any atom is 0.275 e. The van der Waals surface area contributed by atoms with Gasteiger partial charge in [-0.1, -0.05) is 0 Å². The number of thiophene rings is 1. The molecule has 0 bridgehead atoms. The minimum Gasteiger partial charge on any atom is -0.508 e. The molecule has 6 heteroatoms. The molecule has 1 heterocycles. The number of phenolic OH excluding ortho intramolecular Hbond substituents is 1. The number of amides is 1. The summed E-state index contributed by atoms with van der Waals surface area (Å²) in [6.07, 6.45) is 0. The van der Waals surface area contributed by atoms with Crippen LogP contribution in [0.4, 0.5) is 0 Å². The number of hydrogen-bond acceptors (Lipinski definition) is 5. The van der Waals surface area contributed by atoms with Crippen LogP contribution in [0.2, 0.25) is 0 Å². The Labute approximate surface area is 119 Å². The summed E-state index contributed by atoms with van der Waals surface area (Å²) in [4.78, 5) is 14.2. The normalized spacial score (nSPS) is 10.4. The highest BCUT2D eigenvalue weighted by Crippen LogP contribution is 2.29. The molecule has 4 nitrogen and oxygen atoms in total. The van der Waals surface area contributed by atoms with Crippen LogP contribution in [0, 0.1) is 6.92 Å². The zero-order valence-corrected chi connectivity index (χ0v) is 12.0. The van der Waals surface area contributed by atoms with Crippen LogP contribution in [-0.2, 0) is 5.75 Å². The van der Waals surface area contributed by atoms with E-state index < -0.39 is 0 Å². The first-order valence-electron chi connectivity index (χ1n) is 5.62. The Balaban J connectivity index is 2.05. The highest BCUT2D eigenvalue weighted by atomic mass is 32.2. The van der Waals surface area contributed by atoms with Gasteiger partial charge in [0.2, 0.25) is 0 Å². The van der Waals surface area contributed by atoms with Gasteiger partial charge in [-0.05, 0) is 42.8 Å². The third-order valence-corrected chi connectivity index (χ3v) is 4.76. The van der Waals surface area contributed by atoms with Gasteiger partial charge in [0.05, 0.1) is 4.88 Å². The molecule has 0 unspecified atom stereocenters. The molecule has 0 fully saturated rings. The van der Waals surface area contributed by atoms with Crippen LogP contribution in [0.15, 0.2) is 35.2 Å². The molecule has 0 aliphatic carbocycles. The van der Waals surface area contributed by atoms with Crippen LogP contribution in [0.1, 0.15) is 20.1 Å². The maximum atomic E-state index is 11.4. The topological polar surface area (TPSA) is 75.4 Å². The molecule has 1 aromatic heterocycles. The van der Waals surface area contributed by atoms with Crippen molar-refractivity contribution in [2.45, 2.75) is 17.6 Å². The van der Waals surface area contributed by atoms with Gasteiger partial charge in [-0.3, -0.25) is 10.2 Å². The van der Waals surface area contributed by atoms with E-state index in [1.165, 1.54) is 11.3 Å². The number of carbonyl (C=O) groups is 1. The second-order valence-corrected chi connectivity index (χ2v) is 6.25. The number of hydrogen-bond donors (Lipinski definition) is 3. The lowest BCUT2D eigenvalue weighted by Gasteiger charge is -2.01. The highest BCUT2D eigenvalue weighted by Gasteiger charge is 2.11. The van der Waals surface area contributed by atoms with Gasteiger partial charge in [0.15, 0.2) is 0 Å². The predicted molar refractivity (Wildman–Crippen MR) is 78.4 cm³/mol. The second-order valence-electron chi connectivity index (χ2n) is 3.95. The molecular formula is C13H14N2O2S2. The third kappa shape index (κ3) is 3.50. The van der Waals surface area contributed by atoms with Gasteiger partial charge >= 0.3 is 0 Å². The molecule has 0 radical (unpaired) electrons. The van der Waals surface area contributed by atoms with Crippen LogP contribution in [-0.4, -0.2) is 11.0 Å². The monoisotopic (exact) mass is 294 g/mol.